The highest BCUT2D eigenvalue weighted by Gasteiger charge is 2.45. The fourth-order valence-electron chi connectivity index (χ4n) is 4.78. The van der Waals surface area contributed by atoms with Gasteiger partial charge < -0.3 is 18.6 Å². The molecule has 0 saturated heterocycles. The summed E-state index contributed by atoms with van der Waals surface area (Å²) < 4.78 is 23.4. The van der Waals surface area contributed by atoms with Crippen molar-refractivity contribution in [3.05, 3.63) is 42.0 Å². The molecule has 0 aliphatic rings. The van der Waals surface area contributed by atoms with Gasteiger partial charge in [-0.1, -0.05) is 53.7 Å². The summed E-state index contributed by atoms with van der Waals surface area (Å²) >= 11 is 0. The summed E-state index contributed by atoms with van der Waals surface area (Å²) in [6.45, 7) is 14.4. The molecule has 0 heterocycles. The van der Waals surface area contributed by atoms with E-state index < -0.39 is 8.32 Å². The molecule has 0 aromatic heterocycles. The first-order chi connectivity index (χ1) is 14.2. The van der Waals surface area contributed by atoms with Gasteiger partial charge in [0.2, 0.25) is 8.32 Å². The lowest BCUT2D eigenvalue weighted by atomic mass is 9.99. The molecule has 2 aromatic rings. The Kier molecular flexibility index (Phi) is 8.39. The third-order valence-electron chi connectivity index (χ3n) is 6.20. The largest absolute Gasteiger partial charge is 0.497 e. The molecule has 0 fully saturated rings. The molecule has 5 heteroatoms. The van der Waals surface area contributed by atoms with Crippen LogP contribution in [-0.2, 0) is 11.0 Å². The molecule has 0 aliphatic carbocycles. The highest BCUT2D eigenvalue weighted by Crippen LogP contribution is 2.44. The van der Waals surface area contributed by atoms with Gasteiger partial charge >= 0.3 is 0 Å². The molecule has 0 bridgehead atoms. The van der Waals surface area contributed by atoms with Gasteiger partial charge in [-0.2, -0.15) is 0 Å². The van der Waals surface area contributed by atoms with Crippen LogP contribution in [0, 0.1) is 0 Å². The van der Waals surface area contributed by atoms with Crippen molar-refractivity contribution in [2.45, 2.75) is 64.8 Å². The minimum atomic E-state index is -1.99. The summed E-state index contributed by atoms with van der Waals surface area (Å²) in [5.74, 6) is 2.27. The SMILES string of the molecule is COc1ccc(-c2cc(OC)c(OC)cc2CO[Si](C(C)C)(C(C)C)C(C)C)cc1. The standard InChI is InChI=1S/C25H38O4Si/c1-17(2)30(18(3)4,19(5)6)29-16-21-14-24(27-8)25(28-9)15-23(21)20-10-12-22(26-7)13-11-20/h10-15,17-19H,16H2,1-9H3. The van der Waals surface area contributed by atoms with Crippen LogP contribution in [0.5, 0.6) is 17.2 Å². The van der Waals surface area contributed by atoms with Crippen LogP contribution in [0.15, 0.2) is 36.4 Å². The van der Waals surface area contributed by atoms with Gasteiger partial charge in [-0.05, 0) is 57.6 Å². The second-order valence-corrected chi connectivity index (χ2v) is 14.2. The number of methoxy groups -OCH3 is 3. The molecule has 0 spiro atoms. The number of hydrogen-bond donors (Lipinski definition) is 0. The molecule has 0 saturated carbocycles. The van der Waals surface area contributed by atoms with Crippen LogP contribution >= 0.6 is 0 Å². The summed E-state index contributed by atoms with van der Waals surface area (Å²) in [6.07, 6.45) is 0. The maximum Gasteiger partial charge on any atom is 0.200 e. The zero-order valence-corrected chi connectivity index (χ0v) is 21.0. The maximum absolute atomic E-state index is 6.90. The molecular weight excluding hydrogens is 392 g/mol. The molecule has 0 N–H and O–H groups in total. The highest BCUT2D eigenvalue weighted by molar-refractivity contribution is 6.77. The van der Waals surface area contributed by atoms with Crippen molar-refractivity contribution in [3.63, 3.8) is 0 Å². The van der Waals surface area contributed by atoms with Crippen molar-refractivity contribution >= 4 is 8.32 Å². The van der Waals surface area contributed by atoms with Crippen LogP contribution in [-0.4, -0.2) is 29.6 Å². The van der Waals surface area contributed by atoms with E-state index in [4.69, 9.17) is 18.6 Å². The van der Waals surface area contributed by atoms with E-state index in [2.05, 4.69) is 59.7 Å². The van der Waals surface area contributed by atoms with E-state index in [1.807, 2.05) is 18.2 Å². The summed E-state index contributed by atoms with van der Waals surface area (Å²) in [5, 5.41) is 0. The van der Waals surface area contributed by atoms with Crippen molar-refractivity contribution in [1.82, 2.24) is 0 Å². The van der Waals surface area contributed by atoms with E-state index in [0.29, 0.717) is 29.0 Å². The number of benzene rings is 2. The molecule has 30 heavy (non-hydrogen) atoms. The number of hydrogen-bond acceptors (Lipinski definition) is 4. The fourth-order valence-corrected chi connectivity index (χ4v) is 10.2. The Morgan fingerprint density at radius 1 is 0.700 bits per heavy atom. The molecule has 0 unspecified atom stereocenters. The fraction of sp³-hybridized carbons (Fsp3) is 0.520. The van der Waals surface area contributed by atoms with Crippen LogP contribution < -0.4 is 14.2 Å². The van der Waals surface area contributed by atoms with Crippen LogP contribution in [0.2, 0.25) is 16.6 Å². The van der Waals surface area contributed by atoms with Gasteiger partial charge in [0.25, 0.3) is 0 Å². The Labute approximate surface area is 183 Å². The zero-order chi connectivity index (χ0) is 22.5. The van der Waals surface area contributed by atoms with Crippen molar-refractivity contribution < 1.29 is 18.6 Å². The molecule has 2 aromatic carbocycles. The average Bonchev–Trinajstić information content (AvgIpc) is 2.72. The monoisotopic (exact) mass is 430 g/mol. The van der Waals surface area contributed by atoms with Crippen molar-refractivity contribution in [2.24, 2.45) is 0 Å². The van der Waals surface area contributed by atoms with Crippen LogP contribution in [0.4, 0.5) is 0 Å². The predicted molar refractivity (Wildman–Crippen MR) is 127 cm³/mol. The first kappa shape index (κ1) is 24.3. The number of rotatable bonds is 10. The minimum absolute atomic E-state index is 0.530. The third kappa shape index (κ3) is 4.84. The van der Waals surface area contributed by atoms with E-state index in [1.54, 1.807) is 21.3 Å². The Balaban J connectivity index is 2.53. The number of ether oxygens (including phenoxy) is 3. The van der Waals surface area contributed by atoms with E-state index >= 15 is 0 Å². The van der Waals surface area contributed by atoms with Crippen molar-refractivity contribution in [1.29, 1.82) is 0 Å². The lowest BCUT2D eigenvalue weighted by Crippen LogP contribution is -2.47. The van der Waals surface area contributed by atoms with Crippen LogP contribution in [0.3, 0.4) is 0 Å². The van der Waals surface area contributed by atoms with Crippen molar-refractivity contribution in [2.75, 3.05) is 21.3 Å². The van der Waals surface area contributed by atoms with E-state index in [1.165, 1.54) is 0 Å². The third-order valence-corrected chi connectivity index (χ3v) is 12.3. The van der Waals surface area contributed by atoms with Gasteiger partial charge in [0.05, 0.1) is 27.9 Å². The average molecular weight is 431 g/mol. The quantitative estimate of drug-likeness (QED) is 0.378. The summed E-state index contributed by atoms with van der Waals surface area (Å²) in [7, 11) is 3.03. The molecule has 4 nitrogen and oxygen atoms in total. The predicted octanol–water partition coefficient (Wildman–Crippen LogP) is 7.07. The Morgan fingerprint density at radius 3 is 1.63 bits per heavy atom. The van der Waals surface area contributed by atoms with Crippen molar-refractivity contribution in [3.8, 4) is 28.4 Å². The molecule has 166 valence electrons. The highest BCUT2D eigenvalue weighted by atomic mass is 28.4. The van der Waals surface area contributed by atoms with E-state index in [-0.39, 0.29) is 0 Å². The normalized spacial score (nSPS) is 12.0. The topological polar surface area (TPSA) is 36.9 Å². The van der Waals surface area contributed by atoms with E-state index in [0.717, 1.165) is 28.2 Å². The van der Waals surface area contributed by atoms with Gasteiger partial charge in [-0.3, -0.25) is 0 Å². The molecule has 0 atom stereocenters. The van der Waals surface area contributed by atoms with Crippen LogP contribution in [0.25, 0.3) is 11.1 Å². The van der Waals surface area contributed by atoms with Gasteiger partial charge in [0.1, 0.15) is 5.75 Å². The lowest BCUT2D eigenvalue weighted by molar-refractivity contribution is 0.265. The molecule has 0 amide bonds. The second kappa shape index (κ2) is 10.4. The Morgan fingerprint density at radius 2 is 1.20 bits per heavy atom. The summed E-state index contributed by atoms with van der Waals surface area (Å²) in [4.78, 5) is 0. The zero-order valence-electron chi connectivity index (χ0n) is 20.0. The Hall–Kier alpha value is -1.98. The summed E-state index contributed by atoms with van der Waals surface area (Å²) in [5.41, 5.74) is 4.89. The van der Waals surface area contributed by atoms with Crippen LogP contribution in [0.1, 0.15) is 47.1 Å². The first-order valence-electron chi connectivity index (χ1n) is 10.7. The molecule has 2 rings (SSSR count). The molecule has 0 radical (unpaired) electrons. The van der Waals surface area contributed by atoms with Gasteiger partial charge in [0.15, 0.2) is 11.5 Å². The second-order valence-electron chi connectivity index (χ2n) is 8.70. The Bertz CT molecular complexity index is 791. The summed E-state index contributed by atoms with van der Waals surface area (Å²) in [6, 6.07) is 12.2. The van der Waals surface area contributed by atoms with Gasteiger partial charge in [-0.25, -0.2) is 0 Å². The van der Waals surface area contributed by atoms with Gasteiger partial charge in [0, 0.05) is 0 Å². The van der Waals surface area contributed by atoms with E-state index in [9.17, 15) is 0 Å². The van der Waals surface area contributed by atoms with Gasteiger partial charge in [-0.15, -0.1) is 0 Å². The minimum Gasteiger partial charge on any atom is -0.497 e. The smallest absolute Gasteiger partial charge is 0.200 e. The maximum atomic E-state index is 6.90. The first-order valence-corrected chi connectivity index (χ1v) is 12.9. The molecule has 0 aliphatic heterocycles. The lowest BCUT2D eigenvalue weighted by Gasteiger charge is -2.42. The molecular formula is C25H38O4Si.